The lowest BCUT2D eigenvalue weighted by atomic mass is 9.96. The van der Waals surface area contributed by atoms with Gasteiger partial charge in [0.15, 0.2) is 5.60 Å². The van der Waals surface area contributed by atoms with Crippen LogP contribution in [0.5, 0.6) is 5.75 Å². The molecule has 0 amide bonds. The number of rotatable bonds is 5. The zero-order chi connectivity index (χ0) is 17.2. The minimum Gasteiger partial charge on any atom is -0.480 e. The third-order valence-electron chi connectivity index (χ3n) is 3.25. The molecule has 0 saturated carbocycles. The Labute approximate surface area is 135 Å². The number of benzene rings is 2. The fourth-order valence-electron chi connectivity index (χ4n) is 2.04. The number of ketones is 1. The van der Waals surface area contributed by atoms with E-state index in [1.165, 1.54) is 13.8 Å². The first-order valence-corrected chi connectivity index (χ1v) is 8.39. The van der Waals surface area contributed by atoms with E-state index >= 15 is 0 Å². The average Bonchev–Trinajstić information content (AvgIpc) is 2.46. The minimum atomic E-state index is -1.34. The summed E-state index contributed by atoms with van der Waals surface area (Å²) in [5, 5.41) is 0. The molecule has 6 heteroatoms. The van der Waals surface area contributed by atoms with Gasteiger partial charge in [-0.15, -0.1) is 0 Å². The monoisotopic (exact) mass is 338 g/mol. The zero-order valence-corrected chi connectivity index (χ0v) is 13.7. The summed E-state index contributed by atoms with van der Waals surface area (Å²) in [7, 11) is -1.11. The van der Waals surface area contributed by atoms with E-state index in [1.807, 2.05) is 0 Å². The zero-order valence-electron chi connectivity index (χ0n) is 12.9. The van der Waals surface area contributed by atoms with Crippen LogP contribution in [-0.4, -0.2) is 21.8 Å². The summed E-state index contributed by atoms with van der Waals surface area (Å²) in [5.74, 6) is -1.89. The molecule has 23 heavy (non-hydrogen) atoms. The first-order chi connectivity index (χ1) is 10.7. The van der Waals surface area contributed by atoms with E-state index in [2.05, 4.69) is 0 Å². The van der Waals surface area contributed by atoms with Gasteiger partial charge in [0.25, 0.3) is 0 Å². The van der Waals surface area contributed by atoms with Crippen LogP contribution in [0.25, 0.3) is 0 Å². The van der Waals surface area contributed by atoms with Gasteiger partial charge in [-0.1, -0.05) is 0 Å². The van der Waals surface area contributed by atoms with Crippen molar-refractivity contribution in [3.05, 3.63) is 59.7 Å². The molecule has 0 N–H and O–H groups in total. The number of carbonyl (C=O) groups is 1. The summed E-state index contributed by atoms with van der Waals surface area (Å²) < 4.78 is 43.7. The Hall–Kier alpha value is -2.08. The van der Waals surface area contributed by atoms with Crippen LogP contribution < -0.4 is 4.74 Å². The number of ether oxygens (including phenoxy) is 1. The van der Waals surface area contributed by atoms with Crippen molar-refractivity contribution in [2.45, 2.75) is 24.3 Å². The Morgan fingerprint density at radius 2 is 1.70 bits per heavy atom. The molecule has 0 heterocycles. The Morgan fingerprint density at radius 3 is 2.22 bits per heavy atom. The van der Waals surface area contributed by atoms with Crippen LogP contribution >= 0.6 is 0 Å². The summed E-state index contributed by atoms with van der Waals surface area (Å²) in [5.41, 5.74) is -1.58. The normalized spacial score (nSPS) is 12.7. The lowest BCUT2D eigenvalue weighted by Gasteiger charge is -2.25. The summed E-state index contributed by atoms with van der Waals surface area (Å²) in [4.78, 5) is 13.1. The quantitative estimate of drug-likeness (QED) is 0.780. The number of hydrogen-bond acceptors (Lipinski definition) is 3. The maximum atomic E-state index is 13.8. The predicted molar refractivity (Wildman–Crippen MR) is 84.2 cm³/mol. The first-order valence-electron chi connectivity index (χ1n) is 6.83. The maximum Gasteiger partial charge on any atom is 0.208 e. The second-order valence-corrected chi connectivity index (χ2v) is 6.87. The topological polar surface area (TPSA) is 43.4 Å². The fourth-order valence-corrected chi connectivity index (χ4v) is 2.56. The summed E-state index contributed by atoms with van der Waals surface area (Å²) in [6.07, 6.45) is 1.56. The number of carbonyl (C=O) groups excluding carboxylic acids is 1. The van der Waals surface area contributed by atoms with Crippen LogP contribution in [0.4, 0.5) is 8.78 Å². The largest absolute Gasteiger partial charge is 0.480 e. The van der Waals surface area contributed by atoms with Gasteiger partial charge < -0.3 is 4.74 Å². The third-order valence-corrected chi connectivity index (χ3v) is 4.19. The number of hydrogen-bond donors (Lipinski definition) is 0. The molecule has 0 aromatic heterocycles. The van der Waals surface area contributed by atoms with Crippen molar-refractivity contribution >= 4 is 16.6 Å². The van der Waals surface area contributed by atoms with Gasteiger partial charge in [-0.25, -0.2) is 8.78 Å². The van der Waals surface area contributed by atoms with Gasteiger partial charge in [-0.3, -0.25) is 9.00 Å². The Morgan fingerprint density at radius 1 is 1.09 bits per heavy atom. The van der Waals surface area contributed by atoms with E-state index in [0.29, 0.717) is 16.7 Å². The standard InChI is InChI=1S/C17H16F2O3S/c1-17(2,16(20)14-9-4-11(18)10-15(14)19)22-12-5-7-13(8-6-12)23(3)21/h4-10H,1-3H3. The molecule has 2 aromatic rings. The summed E-state index contributed by atoms with van der Waals surface area (Å²) in [6.45, 7) is 3.01. The molecule has 1 atom stereocenters. The van der Waals surface area contributed by atoms with Gasteiger partial charge in [0.05, 0.1) is 5.56 Å². The van der Waals surface area contributed by atoms with Crippen LogP contribution in [0.15, 0.2) is 47.4 Å². The molecule has 3 nitrogen and oxygen atoms in total. The molecule has 0 aliphatic heterocycles. The molecule has 0 aliphatic rings. The van der Waals surface area contributed by atoms with Crippen LogP contribution in [0.2, 0.25) is 0 Å². The molecular formula is C17H16F2O3S. The highest BCUT2D eigenvalue weighted by Gasteiger charge is 2.32. The van der Waals surface area contributed by atoms with E-state index in [4.69, 9.17) is 4.74 Å². The molecular weight excluding hydrogens is 322 g/mol. The summed E-state index contributed by atoms with van der Waals surface area (Å²) in [6, 6.07) is 9.22. The van der Waals surface area contributed by atoms with Gasteiger partial charge >= 0.3 is 0 Å². The molecule has 0 aliphatic carbocycles. The first kappa shape index (κ1) is 17.3. The van der Waals surface area contributed by atoms with Gasteiger partial charge in [-0.05, 0) is 50.2 Å². The van der Waals surface area contributed by atoms with Crippen LogP contribution in [0, 0.1) is 11.6 Å². The number of halogens is 2. The van der Waals surface area contributed by atoms with E-state index in [0.717, 1.165) is 12.1 Å². The SMILES string of the molecule is CS(=O)c1ccc(OC(C)(C)C(=O)c2ccc(F)cc2F)cc1. The predicted octanol–water partition coefficient (Wildman–Crippen LogP) is 3.74. The molecule has 0 radical (unpaired) electrons. The minimum absolute atomic E-state index is 0.234. The second-order valence-electron chi connectivity index (χ2n) is 5.49. The number of Topliss-reactive ketones (excluding diaryl/α,β-unsaturated/α-hetero) is 1. The smallest absolute Gasteiger partial charge is 0.208 e. The van der Waals surface area contributed by atoms with Gasteiger partial charge in [0, 0.05) is 28.0 Å². The van der Waals surface area contributed by atoms with Crippen molar-refractivity contribution in [2.75, 3.05) is 6.26 Å². The Kier molecular flexibility index (Phi) is 4.94. The van der Waals surface area contributed by atoms with Crippen LogP contribution in [-0.2, 0) is 10.8 Å². The van der Waals surface area contributed by atoms with Crippen molar-refractivity contribution in [3.63, 3.8) is 0 Å². The Bertz CT molecular complexity index is 755. The molecule has 0 bridgehead atoms. The molecule has 0 fully saturated rings. The fraction of sp³-hybridized carbons (Fsp3) is 0.235. The summed E-state index contributed by atoms with van der Waals surface area (Å²) >= 11 is 0. The average molecular weight is 338 g/mol. The molecule has 0 spiro atoms. The van der Waals surface area contributed by atoms with Crippen LogP contribution in [0.1, 0.15) is 24.2 Å². The molecule has 122 valence electrons. The highest BCUT2D eigenvalue weighted by molar-refractivity contribution is 7.84. The van der Waals surface area contributed by atoms with Gasteiger partial charge in [-0.2, -0.15) is 0 Å². The van der Waals surface area contributed by atoms with E-state index < -0.39 is 33.8 Å². The van der Waals surface area contributed by atoms with Crippen molar-refractivity contribution < 1.29 is 22.5 Å². The highest BCUT2D eigenvalue weighted by Crippen LogP contribution is 2.24. The second kappa shape index (κ2) is 6.58. The van der Waals surface area contributed by atoms with E-state index in [9.17, 15) is 17.8 Å². The van der Waals surface area contributed by atoms with Crippen LogP contribution in [0.3, 0.4) is 0 Å². The molecule has 1 unspecified atom stereocenters. The van der Waals surface area contributed by atoms with Crippen molar-refractivity contribution in [1.82, 2.24) is 0 Å². The Balaban J connectivity index is 2.23. The van der Waals surface area contributed by atoms with Crippen molar-refractivity contribution in [1.29, 1.82) is 0 Å². The van der Waals surface area contributed by atoms with E-state index in [1.54, 1.807) is 30.5 Å². The van der Waals surface area contributed by atoms with Crippen molar-refractivity contribution in [2.24, 2.45) is 0 Å². The van der Waals surface area contributed by atoms with Gasteiger partial charge in [0.1, 0.15) is 17.4 Å². The molecule has 2 rings (SSSR count). The van der Waals surface area contributed by atoms with E-state index in [-0.39, 0.29) is 5.56 Å². The third kappa shape index (κ3) is 4.01. The lowest BCUT2D eigenvalue weighted by Crippen LogP contribution is -2.38. The van der Waals surface area contributed by atoms with Gasteiger partial charge in [0.2, 0.25) is 5.78 Å². The molecule has 2 aromatic carbocycles. The highest BCUT2D eigenvalue weighted by atomic mass is 32.2. The maximum absolute atomic E-state index is 13.8. The lowest BCUT2D eigenvalue weighted by molar-refractivity contribution is 0.0579. The molecule has 0 saturated heterocycles. The van der Waals surface area contributed by atoms with Crippen molar-refractivity contribution in [3.8, 4) is 5.75 Å².